The third-order valence-corrected chi connectivity index (χ3v) is 7.06. The van der Waals surface area contributed by atoms with Crippen LogP contribution < -0.4 is 10.1 Å². The maximum absolute atomic E-state index is 12.8. The lowest BCUT2D eigenvalue weighted by Gasteiger charge is -2.20. The summed E-state index contributed by atoms with van der Waals surface area (Å²) in [6, 6.07) is 13.5. The normalized spacial score (nSPS) is 12.7. The zero-order valence-electron chi connectivity index (χ0n) is 19.0. The molecule has 31 heavy (non-hydrogen) atoms. The Morgan fingerprint density at radius 3 is 2.23 bits per heavy atom. The van der Waals surface area contributed by atoms with Gasteiger partial charge < -0.3 is 15.0 Å². The minimum atomic E-state index is -3.50. The second-order valence-corrected chi connectivity index (χ2v) is 9.44. The zero-order valence-corrected chi connectivity index (χ0v) is 19.8. The van der Waals surface area contributed by atoms with E-state index >= 15 is 0 Å². The third-order valence-electron chi connectivity index (χ3n) is 5.00. The van der Waals surface area contributed by atoms with Crippen LogP contribution in [0.4, 0.5) is 0 Å². The number of nitrogens with one attached hydrogen (secondary N) is 1. The summed E-state index contributed by atoms with van der Waals surface area (Å²) in [5.74, 6) is 0.294. The Labute approximate surface area is 186 Å². The zero-order chi connectivity index (χ0) is 23.0. The fourth-order valence-corrected chi connectivity index (χ4v) is 4.58. The molecule has 1 amide bonds. The Kier molecular flexibility index (Phi) is 9.03. The monoisotopic (exact) mass is 447 g/mol. The molecule has 0 aromatic heterocycles. The van der Waals surface area contributed by atoms with Crippen molar-refractivity contribution in [2.45, 2.75) is 31.7 Å². The molecule has 0 aliphatic carbocycles. The summed E-state index contributed by atoms with van der Waals surface area (Å²) in [5, 5.41) is 2.97. The highest BCUT2D eigenvalue weighted by molar-refractivity contribution is 7.89. The van der Waals surface area contributed by atoms with Crippen LogP contribution in [-0.4, -0.2) is 63.9 Å². The van der Waals surface area contributed by atoms with Crippen LogP contribution >= 0.6 is 0 Å². The molecule has 8 heteroatoms. The SMILES string of the molecule is CCN(CC)S(=O)(=O)c1ccc(C(C)NC(=O)c2ccccc2OCCN(C)C)cc1. The summed E-state index contributed by atoms with van der Waals surface area (Å²) in [7, 11) is 0.417. The van der Waals surface area contributed by atoms with Gasteiger partial charge >= 0.3 is 0 Å². The van der Waals surface area contributed by atoms with Crippen molar-refractivity contribution in [3.05, 3.63) is 59.7 Å². The number of rotatable bonds is 11. The van der Waals surface area contributed by atoms with Gasteiger partial charge in [0.05, 0.1) is 16.5 Å². The second-order valence-electron chi connectivity index (χ2n) is 7.50. The van der Waals surface area contributed by atoms with Crippen molar-refractivity contribution >= 4 is 15.9 Å². The fourth-order valence-electron chi connectivity index (χ4n) is 3.12. The van der Waals surface area contributed by atoms with Gasteiger partial charge in [-0.25, -0.2) is 8.42 Å². The molecule has 0 heterocycles. The summed E-state index contributed by atoms with van der Waals surface area (Å²) in [6.07, 6.45) is 0. The molecule has 0 aliphatic rings. The maximum atomic E-state index is 12.8. The van der Waals surface area contributed by atoms with E-state index in [4.69, 9.17) is 4.74 Å². The van der Waals surface area contributed by atoms with Crippen LogP contribution in [-0.2, 0) is 10.0 Å². The van der Waals surface area contributed by atoms with Gasteiger partial charge in [-0.15, -0.1) is 0 Å². The minimum Gasteiger partial charge on any atom is -0.491 e. The van der Waals surface area contributed by atoms with Crippen molar-refractivity contribution in [1.29, 1.82) is 0 Å². The van der Waals surface area contributed by atoms with Gasteiger partial charge in [0.25, 0.3) is 5.91 Å². The van der Waals surface area contributed by atoms with Crippen LogP contribution in [0.2, 0.25) is 0 Å². The highest BCUT2D eigenvalue weighted by atomic mass is 32.2. The highest BCUT2D eigenvalue weighted by Gasteiger charge is 2.22. The number of amides is 1. The Balaban J connectivity index is 2.10. The average molecular weight is 448 g/mol. The third kappa shape index (κ3) is 6.53. The Bertz CT molecular complexity index is 955. The number of sulfonamides is 1. The number of carbonyl (C=O) groups is 1. The van der Waals surface area contributed by atoms with Crippen molar-refractivity contribution in [3.63, 3.8) is 0 Å². The molecule has 170 valence electrons. The predicted molar refractivity (Wildman–Crippen MR) is 123 cm³/mol. The molecule has 2 rings (SSSR count). The van der Waals surface area contributed by atoms with Gasteiger partial charge in [0, 0.05) is 19.6 Å². The molecule has 0 bridgehead atoms. The average Bonchev–Trinajstić information content (AvgIpc) is 2.74. The smallest absolute Gasteiger partial charge is 0.255 e. The summed E-state index contributed by atoms with van der Waals surface area (Å²) in [6.45, 7) is 7.56. The van der Waals surface area contributed by atoms with Crippen molar-refractivity contribution < 1.29 is 17.9 Å². The molecular weight excluding hydrogens is 414 g/mol. The van der Waals surface area contributed by atoms with E-state index in [0.29, 0.717) is 31.0 Å². The number of benzene rings is 2. The van der Waals surface area contributed by atoms with Gasteiger partial charge in [0.2, 0.25) is 10.0 Å². The summed E-state index contributed by atoms with van der Waals surface area (Å²) >= 11 is 0. The van der Waals surface area contributed by atoms with E-state index in [-0.39, 0.29) is 16.8 Å². The molecule has 1 unspecified atom stereocenters. The molecule has 0 saturated heterocycles. The van der Waals surface area contributed by atoms with Gasteiger partial charge in [0.1, 0.15) is 12.4 Å². The Morgan fingerprint density at radius 2 is 1.65 bits per heavy atom. The van der Waals surface area contributed by atoms with Gasteiger partial charge in [-0.3, -0.25) is 4.79 Å². The number of hydrogen-bond acceptors (Lipinski definition) is 5. The van der Waals surface area contributed by atoms with E-state index < -0.39 is 10.0 Å². The standard InChI is InChI=1S/C23H33N3O4S/c1-6-26(7-2)31(28,29)20-14-12-19(13-15-20)18(3)24-23(27)21-10-8-9-11-22(21)30-17-16-25(4)5/h8-15,18H,6-7,16-17H2,1-5H3,(H,24,27). The topological polar surface area (TPSA) is 79.0 Å². The van der Waals surface area contributed by atoms with E-state index in [2.05, 4.69) is 5.32 Å². The van der Waals surface area contributed by atoms with Crippen LogP contribution in [0.3, 0.4) is 0 Å². The molecule has 7 nitrogen and oxygen atoms in total. The molecule has 1 atom stereocenters. The van der Waals surface area contributed by atoms with Crippen molar-refractivity contribution in [2.75, 3.05) is 40.3 Å². The van der Waals surface area contributed by atoms with E-state index in [1.165, 1.54) is 4.31 Å². The maximum Gasteiger partial charge on any atom is 0.255 e. The first-order valence-electron chi connectivity index (χ1n) is 10.5. The summed E-state index contributed by atoms with van der Waals surface area (Å²) < 4.78 is 32.5. The van der Waals surface area contributed by atoms with Crippen LogP contribution in [0, 0.1) is 0 Å². The Morgan fingerprint density at radius 1 is 1.03 bits per heavy atom. The molecule has 1 N–H and O–H groups in total. The number of likely N-dealkylation sites (N-methyl/N-ethyl adjacent to an activating group) is 1. The van der Waals surface area contributed by atoms with Crippen LogP contribution in [0.1, 0.15) is 42.7 Å². The van der Waals surface area contributed by atoms with E-state index in [1.807, 2.05) is 45.8 Å². The summed E-state index contributed by atoms with van der Waals surface area (Å²) in [5.41, 5.74) is 1.28. The molecule has 0 radical (unpaired) electrons. The van der Waals surface area contributed by atoms with E-state index in [9.17, 15) is 13.2 Å². The molecular formula is C23H33N3O4S. The number of ether oxygens (including phenoxy) is 1. The van der Waals surface area contributed by atoms with E-state index in [0.717, 1.165) is 12.1 Å². The highest BCUT2D eigenvalue weighted by Crippen LogP contribution is 2.22. The largest absolute Gasteiger partial charge is 0.491 e. The van der Waals surface area contributed by atoms with E-state index in [1.54, 1.807) is 42.5 Å². The summed E-state index contributed by atoms with van der Waals surface area (Å²) in [4.78, 5) is 15.1. The first-order chi connectivity index (χ1) is 14.7. The quantitative estimate of drug-likeness (QED) is 0.573. The number of carbonyl (C=O) groups excluding carboxylic acids is 1. The molecule has 0 aliphatic heterocycles. The lowest BCUT2D eigenvalue weighted by atomic mass is 10.1. The van der Waals surface area contributed by atoms with Gasteiger partial charge in [0.15, 0.2) is 0 Å². The van der Waals surface area contributed by atoms with Crippen molar-refractivity contribution in [1.82, 2.24) is 14.5 Å². The fraction of sp³-hybridized carbons (Fsp3) is 0.435. The van der Waals surface area contributed by atoms with Gasteiger partial charge in [-0.2, -0.15) is 4.31 Å². The lowest BCUT2D eigenvalue weighted by molar-refractivity contribution is 0.0935. The van der Waals surface area contributed by atoms with Crippen molar-refractivity contribution in [2.24, 2.45) is 0 Å². The van der Waals surface area contributed by atoms with Gasteiger partial charge in [-0.05, 0) is 50.8 Å². The predicted octanol–water partition coefficient (Wildman–Crippen LogP) is 3.15. The molecule has 0 spiro atoms. The molecule has 2 aromatic rings. The lowest BCUT2D eigenvalue weighted by Crippen LogP contribution is -2.30. The second kappa shape index (κ2) is 11.3. The molecule has 2 aromatic carbocycles. The first kappa shape index (κ1) is 24.8. The van der Waals surface area contributed by atoms with Crippen LogP contribution in [0.25, 0.3) is 0 Å². The number of nitrogens with zero attached hydrogens (tertiary/aromatic N) is 2. The molecule has 0 saturated carbocycles. The molecule has 0 fully saturated rings. The number of para-hydroxylation sites is 1. The number of hydrogen-bond donors (Lipinski definition) is 1. The first-order valence-corrected chi connectivity index (χ1v) is 11.9. The van der Waals surface area contributed by atoms with Crippen LogP contribution in [0.5, 0.6) is 5.75 Å². The van der Waals surface area contributed by atoms with Crippen molar-refractivity contribution in [3.8, 4) is 5.75 Å². The van der Waals surface area contributed by atoms with Crippen LogP contribution in [0.15, 0.2) is 53.4 Å². The Hall–Kier alpha value is -2.42. The van der Waals surface area contributed by atoms with Gasteiger partial charge in [-0.1, -0.05) is 38.1 Å². The minimum absolute atomic E-state index is 0.243.